The van der Waals surface area contributed by atoms with Gasteiger partial charge in [-0.05, 0) is 31.7 Å². The highest BCUT2D eigenvalue weighted by Crippen LogP contribution is 2.24. The Labute approximate surface area is 115 Å². The van der Waals surface area contributed by atoms with E-state index >= 15 is 0 Å². The summed E-state index contributed by atoms with van der Waals surface area (Å²) in [4.78, 5) is 0.300. The molecule has 0 aliphatic heterocycles. The summed E-state index contributed by atoms with van der Waals surface area (Å²) >= 11 is 0. The molecule has 0 unspecified atom stereocenters. The maximum Gasteiger partial charge on any atom is 0.242 e. The number of hydrogen-bond donors (Lipinski definition) is 1. The third-order valence-corrected chi connectivity index (χ3v) is 4.72. The Morgan fingerprint density at radius 2 is 2.05 bits per heavy atom. The summed E-state index contributed by atoms with van der Waals surface area (Å²) in [6.07, 6.45) is 0.787. The molecule has 0 radical (unpaired) electrons. The largest absolute Gasteiger partial charge is 0.496 e. The Bertz CT molecular complexity index is 515. The van der Waals surface area contributed by atoms with Gasteiger partial charge >= 0.3 is 0 Å². The fraction of sp³-hybridized carbons (Fsp3) is 0.538. The van der Waals surface area contributed by atoms with Crippen molar-refractivity contribution in [1.29, 1.82) is 0 Å². The van der Waals surface area contributed by atoms with E-state index in [2.05, 4.69) is 5.32 Å². The molecule has 0 aliphatic carbocycles. The summed E-state index contributed by atoms with van der Waals surface area (Å²) in [5, 5.41) is 3.00. The van der Waals surface area contributed by atoms with Crippen molar-refractivity contribution in [2.24, 2.45) is 0 Å². The lowest BCUT2D eigenvalue weighted by atomic mass is 10.2. The fourth-order valence-corrected chi connectivity index (χ4v) is 3.17. The first kappa shape index (κ1) is 15.9. The molecule has 0 aromatic heterocycles. The Balaban J connectivity index is 3.17. The molecule has 108 valence electrons. The van der Waals surface area contributed by atoms with Crippen LogP contribution in [0.25, 0.3) is 0 Å². The molecule has 1 aromatic carbocycles. The third kappa shape index (κ3) is 3.68. The van der Waals surface area contributed by atoms with Crippen LogP contribution in [0.3, 0.4) is 0 Å². The van der Waals surface area contributed by atoms with Crippen molar-refractivity contribution >= 4 is 10.0 Å². The van der Waals surface area contributed by atoms with Gasteiger partial charge in [0.1, 0.15) is 5.75 Å². The fourth-order valence-electron chi connectivity index (χ4n) is 1.86. The van der Waals surface area contributed by atoms with Gasteiger partial charge in [-0.3, -0.25) is 0 Å². The Hall–Kier alpha value is -1.11. The van der Waals surface area contributed by atoms with E-state index < -0.39 is 10.0 Å². The SMILES string of the molecule is CCCN(C)S(=O)(=O)c1ccc(OC)c(CNC)c1. The van der Waals surface area contributed by atoms with Crippen molar-refractivity contribution in [3.8, 4) is 5.75 Å². The van der Waals surface area contributed by atoms with Gasteiger partial charge < -0.3 is 10.1 Å². The van der Waals surface area contributed by atoms with Crippen LogP contribution in [0.5, 0.6) is 5.75 Å². The second-order valence-corrected chi connectivity index (χ2v) is 6.38. The summed E-state index contributed by atoms with van der Waals surface area (Å²) in [5.74, 6) is 0.687. The predicted molar refractivity (Wildman–Crippen MR) is 75.9 cm³/mol. The van der Waals surface area contributed by atoms with E-state index in [1.54, 1.807) is 32.4 Å². The minimum absolute atomic E-state index is 0.300. The van der Waals surface area contributed by atoms with E-state index in [1.165, 1.54) is 4.31 Å². The summed E-state index contributed by atoms with van der Waals surface area (Å²) in [6.45, 7) is 3.02. The summed E-state index contributed by atoms with van der Waals surface area (Å²) in [6, 6.07) is 4.94. The van der Waals surface area contributed by atoms with Gasteiger partial charge in [0, 0.05) is 25.7 Å². The number of hydrogen-bond acceptors (Lipinski definition) is 4. The van der Waals surface area contributed by atoms with Crippen LogP contribution in [-0.2, 0) is 16.6 Å². The molecule has 0 heterocycles. The summed E-state index contributed by atoms with van der Waals surface area (Å²) in [7, 11) is 1.57. The van der Waals surface area contributed by atoms with Gasteiger partial charge in [0.25, 0.3) is 0 Å². The molecule has 19 heavy (non-hydrogen) atoms. The molecule has 0 spiro atoms. The van der Waals surface area contributed by atoms with Gasteiger partial charge in [-0.25, -0.2) is 12.7 Å². The van der Waals surface area contributed by atoms with Crippen molar-refractivity contribution < 1.29 is 13.2 Å². The molecular weight excluding hydrogens is 264 g/mol. The zero-order valence-electron chi connectivity index (χ0n) is 11.9. The van der Waals surface area contributed by atoms with Crippen LogP contribution < -0.4 is 10.1 Å². The third-order valence-electron chi connectivity index (χ3n) is 2.87. The van der Waals surface area contributed by atoms with E-state index in [-0.39, 0.29) is 0 Å². The van der Waals surface area contributed by atoms with E-state index in [0.717, 1.165) is 12.0 Å². The number of nitrogens with one attached hydrogen (secondary N) is 1. The molecule has 0 saturated carbocycles. The lowest BCUT2D eigenvalue weighted by Crippen LogP contribution is -2.27. The molecule has 0 atom stereocenters. The Kier molecular flexibility index (Phi) is 5.78. The maximum atomic E-state index is 12.3. The zero-order valence-corrected chi connectivity index (χ0v) is 12.8. The average molecular weight is 286 g/mol. The van der Waals surface area contributed by atoms with Crippen molar-refractivity contribution in [2.45, 2.75) is 24.8 Å². The van der Waals surface area contributed by atoms with Crippen LogP contribution >= 0.6 is 0 Å². The smallest absolute Gasteiger partial charge is 0.242 e. The van der Waals surface area contributed by atoms with Gasteiger partial charge in [-0.1, -0.05) is 6.92 Å². The van der Waals surface area contributed by atoms with Crippen LogP contribution in [0.4, 0.5) is 0 Å². The van der Waals surface area contributed by atoms with Crippen LogP contribution in [0.1, 0.15) is 18.9 Å². The zero-order chi connectivity index (χ0) is 14.5. The summed E-state index contributed by atoms with van der Waals surface area (Å²) in [5.41, 5.74) is 0.830. The molecule has 6 heteroatoms. The van der Waals surface area contributed by atoms with E-state index in [1.807, 2.05) is 14.0 Å². The highest BCUT2D eigenvalue weighted by Gasteiger charge is 2.21. The molecule has 1 aromatic rings. The second kappa shape index (κ2) is 6.88. The van der Waals surface area contributed by atoms with Crippen LogP contribution in [0.15, 0.2) is 23.1 Å². The van der Waals surface area contributed by atoms with Crippen molar-refractivity contribution in [3.63, 3.8) is 0 Å². The highest BCUT2D eigenvalue weighted by molar-refractivity contribution is 7.89. The normalized spacial score (nSPS) is 11.8. The monoisotopic (exact) mass is 286 g/mol. The molecule has 0 bridgehead atoms. The number of methoxy groups -OCH3 is 1. The summed E-state index contributed by atoms with van der Waals surface area (Å²) < 4.78 is 31.3. The molecule has 1 N–H and O–H groups in total. The average Bonchev–Trinajstić information content (AvgIpc) is 2.39. The first-order chi connectivity index (χ1) is 8.97. The van der Waals surface area contributed by atoms with Gasteiger partial charge in [0.15, 0.2) is 0 Å². The quantitative estimate of drug-likeness (QED) is 0.824. The van der Waals surface area contributed by atoms with Gasteiger partial charge in [0.2, 0.25) is 10.0 Å². The predicted octanol–water partition coefficient (Wildman–Crippen LogP) is 1.45. The molecule has 0 amide bonds. The number of nitrogens with zero attached hydrogens (tertiary/aromatic N) is 1. The number of sulfonamides is 1. The number of ether oxygens (including phenoxy) is 1. The van der Waals surface area contributed by atoms with Gasteiger partial charge in [0.05, 0.1) is 12.0 Å². The first-order valence-electron chi connectivity index (χ1n) is 6.25. The number of rotatable bonds is 7. The van der Waals surface area contributed by atoms with Crippen molar-refractivity contribution in [2.75, 3.05) is 27.7 Å². The van der Waals surface area contributed by atoms with Gasteiger partial charge in [-0.2, -0.15) is 0 Å². The highest BCUT2D eigenvalue weighted by atomic mass is 32.2. The molecule has 0 aliphatic rings. The van der Waals surface area contributed by atoms with Crippen molar-refractivity contribution in [3.05, 3.63) is 23.8 Å². The Morgan fingerprint density at radius 3 is 2.58 bits per heavy atom. The molecule has 5 nitrogen and oxygen atoms in total. The van der Waals surface area contributed by atoms with E-state index in [4.69, 9.17) is 4.74 Å². The minimum Gasteiger partial charge on any atom is -0.496 e. The lowest BCUT2D eigenvalue weighted by molar-refractivity contribution is 0.407. The Morgan fingerprint density at radius 1 is 1.37 bits per heavy atom. The molecular formula is C13H22N2O3S. The maximum absolute atomic E-state index is 12.3. The van der Waals surface area contributed by atoms with Crippen LogP contribution in [0.2, 0.25) is 0 Å². The minimum atomic E-state index is -3.42. The molecule has 0 fully saturated rings. The topological polar surface area (TPSA) is 58.6 Å². The standard InChI is InChI=1S/C13H22N2O3S/c1-5-8-15(3)19(16,17)12-6-7-13(18-4)11(9-12)10-14-2/h6-7,9,14H,5,8,10H2,1-4H3. The van der Waals surface area contributed by atoms with Crippen molar-refractivity contribution in [1.82, 2.24) is 9.62 Å². The van der Waals surface area contributed by atoms with E-state index in [0.29, 0.717) is 23.7 Å². The van der Waals surface area contributed by atoms with Gasteiger partial charge in [-0.15, -0.1) is 0 Å². The van der Waals surface area contributed by atoms with E-state index in [9.17, 15) is 8.42 Å². The van der Waals surface area contributed by atoms with Crippen LogP contribution in [-0.4, -0.2) is 40.5 Å². The number of benzene rings is 1. The first-order valence-corrected chi connectivity index (χ1v) is 7.69. The van der Waals surface area contributed by atoms with Crippen LogP contribution in [0, 0.1) is 0 Å². The lowest BCUT2D eigenvalue weighted by Gasteiger charge is -2.17. The molecule has 1 rings (SSSR count). The molecule has 0 saturated heterocycles. The second-order valence-electron chi connectivity index (χ2n) is 4.33.